The van der Waals surface area contributed by atoms with Crippen molar-refractivity contribution >= 4 is 49.7 Å². The van der Waals surface area contributed by atoms with Crippen molar-refractivity contribution in [2.45, 2.75) is 26.2 Å². The molecule has 0 unspecified atom stereocenters. The summed E-state index contributed by atoms with van der Waals surface area (Å²) < 4.78 is 33.9. The van der Waals surface area contributed by atoms with E-state index in [2.05, 4.69) is 25.3 Å². The third-order valence-electron chi connectivity index (χ3n) is 5.84. The maximum atomic E-state index is 13.5. The summed E-state index contributed by atoms with van der Waals surface area (Å²) in [4.78, 5) is 21.7. The van der Waals surface area contributed by atoms with Crippen LogP contribution in [0.25, 0.3) is 10.9 Å². The summed E-state index contributed by atoms with van der Waals surface area (Å²) in [7, 11) is -0.352. The van der Waals surface area contributed by atoms with Gasteiger partial charge in [0.1, 0.15) is 17.8 Å². The summed E-state index contributed by atoms with van der Waals surface area (Å²) in [6.45, 7) is 6.00. The quantitative estimate of drug-likeness (QED) is 0.323. The Labute approximate surface area is 216 Å². The number of nitrogens with zero attached hydrogens (tertiary/aromatic N) is 3. The number of carbonyl (C=O) groups excluding carboxylic acids is 1. The maximum Gasteiger partial charge on any atom is 0.272 e. The molecule has 11 heteroatoms. The lowest BCUT2D eigenvalue weighted by Crippen LogP contribution is -2.19. The molecule has 2 aromatic heterocycles. The van der Waals surface area contributed by atoms with Crippen molar-refractivity contribution in [3.05, 3.63) is 66.2 Å². The molecule has 0 aliphatic carbocycles. The van der Waals surface area contributed by atoms with Crippen molar-refractivity contribution in [3.63, 3.8) is 0 Å². The van der Waals surface area contributed by atoms with E-state index in [9.17, 15) is 13.2 Å². The molecule has 0 atom stereocenters. The van der Waals surface area contributed by atoms with Crippen molar-refractivity contribution < 1.29 is 17.9 Å². The number of fused-ring (bicyclic) bond motifs is 1. The molecule has 194 valence electrons. The van der Waals surface area contributed by atoms with Gasteiger partial charge in [-0.2, -0.15) is 0 Å². The Morgan fingerprint density at radius 1 is 1.05 bits per heavy atom. The Balaban J connectivity index is 1.76. The van der Waals surface area contributed by atoms with E-state index in [0.29, 0.717) is 17.2 Å². The second-order valence-electron chi connectivity index (χ2n) is 9.73. The molecular formula is C26H30N6O4S. The van der Waals surface area contributed by atoms with Gasteiger partial charge in [0, 0.05) is 18.6 Å². The van der Waals surface area contributed by atoms with Gasteiger partial charge in [-0.25, -0.2) is 18.4 Å². The molecule has 0 aliphatic rings. The molecule has 0 spiro atoms. The van der Waals surface area contributed by atoms with Gasteiger partial charge in [0.05, 0.1) is 35.9 Å². The zero-order chi connectivity index (χ0) is 27.0. The molecule has 0 saturated carbocycles. The van der Waals surface area contributed by atoms with E-state index in [0.717, 1.165) is 28.4 Å². The van der Waals surface area contributed by atoms with Crippen LogP contribution in [0.5, 0.6) is 5.75 Å². The first-order valence-corrected chi connectivity index (χ1v) is 13.4. The number of benzene rings is 2. The molecule has 0 radical (unpaired) electrons. The molecule has 37 heavy (non-hydrogen) atoms. The Hall–Kier alpha value is -4.12. The van der Waals surface area contributed by atoms with Crippen molar-refractivity contribution in [3.8, 4) is 5.75 Å². The van der Waals surface area contributed by atoms with Crippen molar-refractivity contribution in [2.24, 2.45) is 7.05 Å². The first kappa shape index (κ1) is 26.0. The molecule has 1 amide bonds. The fourth-order valence-electron chi connectivity index (χ4n) is 4.07. The molecule has 0 saturated heterocycles. The van der Waals surface area contributed by atoms with Crippen LogP contribution in [0.3, 0.4) is 0 Å². The van der Waals surface area contributed by atoms with Gasteiger partial charge in [-0.05, 0) is 41.3 Å². The molecule has 2 aromatic carbocycles. The molecule has 0 bridgehead atoms. The summed E-state index contributed by atoms with van der Waals surface area (Å²) in [6.07, 6.45) is 4.17. The SMILES string of the molecule is COc1c(NC(=O)c2cc3cccc(Nc4ccncn4)c3n2C)cc(C(C)(C)C)cc1NS(C)(=O)=O. The lowest BCUT2D eigenvalue weighted by molar-refractivity contribution is 0.101. The molecule has 10 nitrogen and oxygen atoms in total. The first-order chi connectivity index (χ1) is 17.4. The molecular weight excluding hydrogens is 492 g/mol. The summed E-state index contributed by atoms with van der Waals surface area (Å²) in [5.74, 6) is 0.474. The summed E-state index contributed by atoms with van der Waals surface area (Å²) in [5.41, 5.74) is 3.12. The minimum absolute atomic E-state index is 0.219. The highest BCUT2D eigenvalue weighted by atomic mass is 32.2. The minimum atomic E-state index is -3.59. The molecule has 4 rings (SSSR count). The number of methoxy groups -OCH3 is 1. The van der Waals surface area contributed by atoms with Crippen LogP contribution < -0.4 is 20.1 Å². The second kappa shape index (κ2) is 9.74. The Morgan fingerprint density at radius 3 is 2.41 bits per heavy atom. The van der Waals surface area contributed by atoms with Crippen LogP contribution in [0.2, 0.25) is 0 Å². The van der Waals surface area contributed by atoms with E-state index >= 15 is 0 Å². The van der Waals surface area contributed by atoms with Gasteiger partial charge in [-0.1, -0.05) is 32.9 Å². The number of ether oxygens (including phenoxy) is 1. The fourth-order valence-corrected chi connectivity index (χ4v) is 4.63. The first-order valence-electron chi connectivity index (χ1n) is 11.5. The largest absolute Gasteiger partial charge is 0.492 e. The van der Waals surface area contributed by atoms with Gasteiger partial charge in [0.25, 0.3) is 5.91 Å². The smallest absolute Gasteiger partial charge is 0.272 e. The second-order valence-corrected chi connectivity index (χ2v) is 11.5. The van der Waals surface area contributed by atoms with Crippen molar-refractivity contribution in [1.29, 1.82) is 0 Å². The van der Waals surface area contributed by atoms with Crippen molar-refractivity contribution in [2.75, 3.05) is 28.7 Å². The third kappa shape index (κ3) is 5.67. The molecule has 3 N–H and O–H groups in total. The van der Waals surface area contributed by atoms with Crippen LogP contribution in [-0.2, 0) is 22.5 Å². The lowest BCUT2D eigenvalue weighted by atomic mass is 9.86. The van der Waals surface area contributed by atoms with E-state index in [-0.39, 0.29) is 22.8 Å². The number of amides is 1. The van der Waals surface area contributed by atoms with Gasteiger partial charge < -0.3 is 19.9 Å². The average Bonchev–Trinajstić information content (AvgIpc) is 3.15. The van der Waals surface area contributed by atoms with Crippen LogP contribution >= 0.6 is 0 Å². The predicted molar refractivity (Wildman–Crippen MR) is 146 cm³/mol. The van der Waals surface area contributed by atoms with Crippen LogP contribution in [0, 0.1) is 0 Å². The highest BCUT2D eigenvalue weighted by molar-refractivity contribution is 7.92. The van der Waals surface area contributed by atoms with Gasteiger partial charge in [0.2, 0.25) is 10.0 Å². The normalized spacial score (nSPS) is 11.8. The molecule has 4 aromatic rings. The summed E-state index contributed by atoms with van der Waals surface area (Å²) in [6, 6.07) is 12.8. The number of anilines is 4. The summed E-state index contributed by atoms with van der Waals surface area (Å²) in [5, 5.41) is 7.06. The zero-order valence-electron chi connectivity index (χ0n) is 21.6. The van der Waals surface area contributed by atoms with Gasteiger partial charge in [-0.15, -0.1) is 0 Å². The van der Waals surface area contributed by atoms with E-state index < -0.39 is 10.0 Å². The number of sulfonamides is 1. The standard InChI is InChI=1S/C26H30N6O4S/c1-26(2,3)17-13-19(24(36-5)20(14-17)31-37(6,34)35)30-25(33)21-12-16-8-7-9-18(23(16)32(21)4)29-22-10-11-27-15-28-22/h7-15,31H,1-6H3,(H,30,33)(H,27,28,29). The topological polar surface area (TPSA) is 127 Å². The van der Waals surface area contributed by atoms with E-state index in [1.807, 2.05) is 46.0 Å². The van der Waals surface area contributed by atoms with E-state index in [1.165, 1.54) is 13.4 Å². The lowest BCUT2D eigenvalue weighted by Gasteiger charge is -2.24. The Morgan fingerprint density at radius 2 is 1.78 bits per heavy atom. The number of nitrogens with one attached hydrogen (secondary N) is 3. The number of hydrogen-bond donors (Lipinski definition) is 3. The molecule has 2 heterocycles. The van der Waals surface area contributed by atoms with Gasteiger partial charge >= 0.3 is 0 Å². The van der Waals surface area contributed by atoms with Crippen LogP contribution in [-0.4, -0.2) is 42.2 Å². The van der Waals surface area contributed by atoms with E-state index in [4.69, 9.17) is 4.74 Å². The highest BCUT2D eigenvalue weighted by Gasteiger charge is 2.23. The van der Waals surface area contributed by atoms with Crippen LogP contribution in [0.4, 0.5) is 22.9 Å². The highest BCUT2D eigenvalue weighted by Crippen LogP contribution is 2.39. The van der Waals surface area contributed by atoms with Crippen LogP contribution in [0.15, 0.2) is 55.0 Å². The summed E-state index contributed by atoms with van der Waals surface area (Å²) >= 11 is 0. The van der Waals surface area contributed by atoms with E-state index in [1.54, 1.807) is 35.0 Å². The number of carbonyl (C=O) groups is 1. The van der Waals surface area contributed by atoms with Crippen LogP contribution in [0.1, 0.15) is 36.8 Å². The van der Waals surface area contributed by atoms with Gasteiger partial charge in [-0.3, -0.25) is 9.52 Å². The third-order valence-corrected chi connectivity index (χ3v) is 6.43. The number of hydrogen-bond acceptors (Lipinski definition) is 7. The predicted octanol–water partition coefficient (Wildman–Crippen LogP) is 4.64. The number of aromatic nitrogens is 3. The number of aryl methyl sites for hydroxylation is 1. The minimum Gasteiger partial charge on any atom is -0.492 e. The zero-order valence-corrected chi connectivity index (χ0v) is 22.4. The number of rotatable bonds is 7. The average molecular weight is 523 g/mol. The number of para-hydroxylation sites is 1. The maximum absolute atomic E-state index is 13.5. The molecule has 0 aliphatic heterocycles. The molecule has 0 fully saturated rings. The van der Waals surface area contributed by atoms with Gasteiger partial charge in [0.15, 0.2) is 5.75 Å². The van der Waals surface area contributed by atoms with Crippen molar-refractivity contribution in [1.82, 2.24) is 14.5 Å². The monoisotopic (exact) mass is 522 g/mol. The Bertz CT molecular complexity index is 1570. The fraction of sp³-hybridized carbons (Fsp3) is 0.269. The Kier molecular flexibility index (Phi) is 6.83.